The number of aromatic hydroxyl groups is 1. The number of carboxylic acid groups (broad SMARTS) is 1. The van der Waals surface area contributed by atoms with Gasteiger partial charge in [-0.25, -0.2) is 9.59 Å². The number of benzene rings is 5. The van der Waals surface area contributed by atoms with Crippen molar-refractivity contribution in [3.8, 4) is 11.5 Å². The highest BCUT2D eigenvalue weighted by Gasteiger charge is 2.31. The van der Waals surface area contributed by atoms with Crippen molar-refractivity contribution in [2.45, 2.75) is 44.9 Å². The Morgan fingerprint density at radius 1 is 0.659 bits per heavy atom. The van der Waals surface area contributed by atoms with Crippen LogP contribution in [0, 0.1) is 0 Å². The zero-order valence-electron chi connectivity index (χ0n) is 25.3. The van der Waals surface area contributed by atoms with Gasteiger partial charge < -0.3 is 14.9 Å². The normalized spacial score (nSPS) is 12.7. The van der Waals surface area contributed by atoms with Gasteiger partial charge in [0.15, 0.2) is 0 Å². The van der Waals surface area contributed by atoms with E-state index in [9.17, 15) is 19.8 Å². The SMILES string of the molecule is CC(c1ccccc1)c1cc(C(=O)O)c(OC(=O)c2cccc(C(C)(C)c3ccccc3)c2O)c(C(C)c2ccccc2)c1. The number of aromatic carboxylic acids is 1. The maximum atomic E-state index is 13.8. The standard InChI is InChI=1S/C39H36O5/c1-25(27-15-8-5-9-16-27)29-23-32(26(2)28-17-10-6-11-18-28)36(33(24-29)37(41)42)44-38(43)31-21-14-22-34(35(31)40)39(3,4)30-19-12-7-13-20-30/h5-26,40H,1-4H3,(H,41,42). The minimum Gasteiger partial charge on any atom is -0.507 e. The molecular weight excluding hydrogens is 548 g/mol. The number of carboxylic acids is 1. The van der Waals surface area contributed by atoms with Crippen LogP contribution in [0.15, 0.2) is 121 Å². The Balaban J connectivity index is 1.62. The smallest absolute Gasteiger partial charge is 0.347 e. The Hall–Kier alpha value is -5.16. The third kappa shape index (κ3) is 6.00. The number of hydrogen-bond acceptors (Lipinski definition) is 4. The molecule has 0 heterocycles. The summed E-state index contributed by atoms with van der Waals surface area (Å²) in [6.07, 6.45) is 0. The number of carbonyl (C=O) groups excluding carboxylic acids is 1. The van der Waals surface area contributed by atoms with E-state index in [0.29, 0.717) is 11.1 Å². The fraction of sp³-hybridized carbons (Fsp3) is 0.179. The van der Waals surface area contributed by atoms with Crippen molar-refractivity contribution >= 4 is 11.9 Å². The molecule has 0 saturated heterocycles. The number of ether oxygens (including phenoxy) is 1. The van der Waals surface area contributed by atoms with Crippen LogP contribution in [-0.2, 0) is 5.41 Å². The largest absolute Gasteiger partial charge is 0.507 e. The lowest BCUT2D eigenvalue weighted by Crippen LogP contribution is -2.21. The summed E-state index contributed by atoms with van der Waals surface area (Å²) in [5, 5.41) is 21.8. The van der Waals surface area contributed by atoms with Gasteiger partial charge in [-0.1, -0.05) is 137 Å². The van der Waals surface area contributed by atoms with Crippen molar-refractivity contribution in [3.63, 3.8) is 0 Å². The van der Waals surface area contributed by atoms with Crippen LogP contribution in [0.5, 0.6) is 11.5 Å². The van der Waals surface area contributed by atoms with E-state index in [2.05, 4.69) is 0 Å². The number of phenols is 1. The molecule has 0 fully saturated rings. The minimum atomic E-state index is -1.21. The van der Waals surface area contributed by atoms with Gasteiger partial charge in [0, 0.05) is 28.4 Å². The number of carbonyl (C=O) groups is 2. The van der Waals surface area contributed by atoms with Gasteiger partial charge in [-0.2, -0.15) is 0 Å². The van der Waals surface area contributed by atoms with E-state index in [0.717, 1.165) is 22.3 Å². The molecule has 2 atom stereocenters. The molecule has 0 aliphatic carbocycles. The van der Waals surface area contributed by atoms with Crippen LogP contribution in [0.2, 0.25) is 0 Å². The van der Waals surface area contributed by atoms with Crippen molar-refractivity contribution in [3.05, 3.63) is 166 Å². The monoisotopic (exact) mass is 584 g/mol. The summed E-state index contributed by atoms with van der Waals surface area (Å²) in [5.74, 6) is -2.68. The number of rotatable bonds is 9. The van der Waals surface area contributed by atoms with Gasteiger partial charge in [0.25, 0.3) is 0 Å². The highest BCUT2D eigenvalue weighted by atomic mass is 16.5. The predicted molar refractivity (Wildman–Crippen MR) is 173 cm³/mol. The number of phenolic OH excluding ortho intramolecular Hbond substituents is 1. The second kappa shape index (κ2) is 12.6. The third-order valence-corrected chi connectivity index (χ3v) is 8.56. The lowest BCUT2D eigenvalue weighted by Gasteiger charge is -2.27. The van der Waals surface area contributed by atoms with Gasteiger partial charge in [0.2, 0.25) is 0 Å². The van der Waals surface area contributed by atoms with Crippen molar-refractivity contribution in [1.29, 1.82) is 0 Å². The zero-order chi connectivity index (χ0) is 31.4. The average molecular weight is 585 g/mol. The van der Waals surface area contributed by atoms with E-state index in [4.69, 9.17) is 4.74 Å². The molecule has 5 heteroatoms. The summed E-state index contributed by atoms with van der Waals surface area (Å²) in [7, 11) is 0. The van der Waals surface area contributed by atoms with Crippen LogP contribution in [0.1, 0.15) is 93.6 Å². The van der Waals surface area contributed by atoms with Crippen molar-refractivity contribution in [2.75, 3.05) is 0 Å². The molecule has 0 saturated carbocycles. The van der Waals surface area contributed by atoms with Crippen LogP contribution in [0.3, 0.4) is 0 Å². The van der Waals surface area contributed by atoms with Crippen LogP contribution >= 0.6 is 0 Å². The van der Waals surface area contributed by atoms with Gasteiger partial charge in [-0.15, -0.1) is 0 Å². The van der Waals surface area contributed by atoms with E-state index in [-0.39, 0.29) is 34.5 Å². The molecule has 0 amide bonds. The Labute approximate surface area is 258 Å². The topological polar surface area (TPSA) is 83.8 Å². The Morgan fingerprint density at radius 3 is 1.77 bits per heavy atom. The highest BCUT2D eigenvalue weighted by molar-refractivity contribution is 5.98. The maximum absolute atomic E-state index is 13.8. The van der Waals surface area contributed by atoms with E-state index >= 15 is 0 Å². The van der Waals surface area contributed by atoms with Gasteiger partial charge in [0.05, 0.1) is 0 Å². The van der Waals surface area contributed by atoms with Crippen molar-refractivity contribution < 1.29 is 24.5 Å². The Bertz CT molecular complexity index is 1780. The fourth-order valence-electron chi connectivity index (χ4n) is 5.74. The van der Waals surface area contributed by atoms with E-state index in [1.165, 1.54) is 6.07 Å². The van der Waals surface area contributed by atoms with E-state index in [1.54, 1.807) is 18.2 Å². The lowest BCUT2D eigenvalue weighted by atomic mass is 9.77. The first kappa shape index (κ1) is 30.3. The molecule has 5 rings (SSSR count). The summed E-state index contributed by atoms with van der Waals surface area (Å²) >= 11 is 0. The average Bonchev–Trinajstić information content (AvgIpc) is 3.05. The van der Waals surface area contributed by atoms with Gasteiger partial charge in [0.1, 0.15) is 22.6 Å². The second-order valence-corrected chi connectivity index (χ2v) is 11.6. The van der Waals surface area contributed by atoms with Crippen LogP contribution in [0.25, 0.3) is 0 Å². The predicted octanol–water partition coefficient (Wildman–Crippen LogP) is 8.94. The first-order valence-corrected chi connectivity index (χ1v) is 14.7. The Morgan fingerprint density at radius 2 is 1.20 bits per heavy atom. The molecule has 0 aliphatic heterocycles. The van der Waals surface area contributed by atoms with E-state index < -0.39 is 17.4 Å². The van der Waals surface area contributed by atoms with Gasteiger partial charge >= 0.3 is 11.9 Å². The molecule has 5 aromatic carbocycles. The molecule has 5 aromatic rings. The molecule has 5 nitrogen and oxygen atoms in total. The summed E-state index contributed by atoms with van der Waals surface area (Å²) in [4.78, 5) is 26.5. The van der Waals surface area contributed by atoms with Gasteiger partial charge in [-0.3, -0.25) is 0 Å². The summed E-state index contributed by atoms with van der Waals surface area (Å²) in [6, 6.07) is 37.8. The van der Waals surface area contributed by atoms with Gasteiger partial charge in [-0.05, 0) is 34.4 Å². The maximum Gasteiger partial charge on any atom is 0.347 e. The molecule has 2 N–H and O–H groups in total. The molecular formula is C39H36O5. The Kier molecular flexibility index (Phi) is 8.68. The third-order valence-electron chi connectivity index (χ3n) is 8.56. The molecule has 2 unspecified atom stereocenters. The fourth-order valence-corrected chi connectivity index (χ4v) is 5.74. The second-order valence-electron chi connectivity index (χ2n) is 11.6. The van der Waals surface area contributed by atoms with Crippen LogP contribution in [0.4, 0.5) is 0 Å². The molecule has 44 heavy (non-hydrogen) atoms. The summed E-state index contributed by atoms with van der Waals surface area (Å²) in [5.41, 5.74) is 4.10. The van der Waals surface area contributed by atoms with E-state index in [1.807, 2.05) is 125 Å². The molecule has 0 aromatic heterocycles. The molecule has 222 valence electrons. The number of hydrogen-bond donors (Lipinski definition) is 2. The van der Waals surface area contributed by atoms with Crippen molar-refractivity contribution in [1.82, 2.24) is 0 Å². The highest BCUT2D eigenvalue weighted by Crippen LogP contribution is 2.41. The first-order chi connectivity index (χ1) is 21.1. The summed E-state index contributed by atoms with van der Waals surface area (Å²) < 4.78 is 5.98. The van der Waals surface area contributed by atoms with Crippen molar-refractivity contribution in [2.24, 2.45) is 0 Å². The first-order valence-electron chi connectivity index (χ1n) is 14.7. The van der Waals surface area contributed by atoms with Crippen LogP contribution < -0.4 is 4.74 Å². The molecule has 0 bridgehead atoms. The molecule has 0 radical (unpaired) electrons. The molecule has 0 aliphatic rings. The molecule has 0 spiro atoms. The zero-order valence-corrected chi connectivity index (χ0v) is 25.3. The number of para-hydroxylation sites is 1. The summed E-state index contributed by atoms with van der Waals surface area (Å²) in [6.45, 7) is 7.94. The minimum absolute atomic E-state index is 0.0324. The number of esters is 1. The quantitative estimate of drug-likeness (QED) is 0.133. The lowest BCUT2D eigenvalue weighted by molar-refractivity contribution is 0.0679. The van der Waals surface area contributed by atoms with Crippen LogP contribution in [-0.4, -0.2) is 22.2 Å².